The molecule has 3 saturated carbocycles. The van der Waals surface area contributed by atoms with E-state index < -0.39 is 28.8 Å². The lowest BCUT2D eigenvalue weighted by molar-refractivity contribution is -0.429. The van der Waals surface area contributed by atoms with Crippen LogP contribution in [-0.2, 0) is 16.6 Å². The van der Waals surface area contributed by atoms with Crippen LogP contribution in [0, 0.1) is 11.8 Å². The van der Waals surface area contributed by atoms with E-state index >= 15 is 0 Å². The molecule has 1 heterocycles. The van der Waals surface area contributed by atoms with Gasteiger partial charge >= 0.3 is 12.2 Å². The molecule has 0 aromatic heterocycles. The first-order valence-corrected chi connectivity index (χ1v) is 14.5. The van der Waals surface area contributed by atoms with Crippen molar-refractivity contribution in [2.45, 2.75) is 88.9 Å². The van der Waals surface area contributed by atoms with Crippen LogP contribution in [-0.4, -0.2) is 72.4 Å². The van der Waals surface area contributed by atoms with Crippen LogP contribution in [0.3, 0.4) is 0 Å². The molecule has 3 unspecified atom stereocenters. The Morgan fingerprint density at radius 2 is 2.00 bits per heavy atom. The van der Waals surface area contributed by atoms with Crippen molar-refractivity contribution in [3.05, 3.63) is 35.4 Å². The van der Waals surface area contributed by atoms with Crippen molar-refractivity contribution in [1.82, 2.24) is 10.2 Å². The van der Waals surface area contributed by atoms with Gasteiger partial charge in [0, 0.05) is 31.6 Å². The topological polar surface area (TPSA) is 111 Å². The Labute approximate surface area is 237 Å². The first-order valence-electron chi connectivity index (χ1n) is 14.5. The van der Waals surface area contributed by atoms with Crippen LogP contribution in [0.15, 0.2) is 24.3 Å². The molecule has 40 heavy (non-hydrogen) atoms. The fraction of sp³-hybridized carbons (Fsp3) is 0.645. The molecule has 2 bridgehead atoms. The second-order valence-electron chi connectivity index (χ2n) is 13.1. The number of hydrogen-bond acceptors (Lipinski definition) is 6. The second-order valence-corrected chi connectivity index (χ2v) is 13.1. The Kier molecular flexibility index (Phi) is 7.18. The molecule has 6 rings (SSSR count). The van der Waals surface area contributed by atoms with Gasteiger partial charge in [-0.25, -0.2) is 14.6 Å². The van der Waals surface area contributed by atoms with Gasteiger partial charge in [-0.2, -0.15) is 0 Å². The first kappa shape index (κ1) is 28.5. The van der Waals surface area contributed by atoms with Gasteiger partial charge in [0.2, 0.25) is 0 Å². The molecule has 3 N–H and O–H groups in total. The minimum Gasteiger partial charge on any atom is -0.481 e. The fourth-order valence-corrected chi connectivity index (χ4v) is 6.86. The van der Waals surface area contributed by atoms with Gasteiger partial charge < -0.3 is 29.5 Å². The lowest BCUT2D eigenvalue weighted by Gasteiger charge is -2.46. The molecular formula is C31H44N3O6+. The Morgan fingerprint density at radius 1 is 1.30 bits per heavy atom. The molecule has 5 aliphatic rings. The van der Waals surface area contributed by atoms with Crippen LogP contribution >= 0.6 is 0 Å². The summed E-state index contributed by atoms with van der Waals surface area (Å²) in [6, 6.07) is 3.76. The summed E-state index contributed by atoms with van der Waals surface area (Å²) in [7, 11) is 3.48. The van der Waals surface area contributed by atoms with Gasteiger partial charge in [-0.3, -0.25) is 0 Å². The summed E-state index contributed by atoms with van der Waals surface area (Å²) >= 11 is 0. The van der Waals surface area contributed by atoms with E-state index in [0.717, 1.165) is 41.2 Å². The zero-order valence-electron chi connectivity index (χ0n) is 24.7. The van der Waals surface area contributed by atoms with Gasteiger partial charge in [0.1, 0.15) is 18.8 Å². The lowest BCUT2D eigenvalue weighted by Crippen LogP contribution is -2.76. The van der Waals surface area contributed by atoms with Gasteiger partial charge in [0.25, 0.3) is 0 Å². The number of nitrogens with one attached hydrogen (secondary N) is 2. The van der Waals surface area contributed by atoms with E-state index in [-0.39, 0.29) is 25.1 Å². The van der Waals surface area contributed by atoms with E-state index in [1.165, 1.54) is 17.7 Å². The minimum absolute atomic E-state index is 0.215. The van der Waals surface area contributed by atoms with E-state index in [1.807, 2.05) is 13.1 Å². The Morgan fingerprint density at radius 3 is 2.62 bits per heavy atom. The fourth-order valence-electron chi connectivity index (χ4n) is 6.86. The number of benzene rings is 1. The average Bonchev–Trinajstić information content (AvgIpc) is 3.52. The molecule has 4 aliphatic carbocycles. The molecule has 1 aromatic rings. The Hall–Kier alpha value is -3.07. The maximum Gasteiger partial charge on any atom is 0.415 e. The molecule has 2 amide bonds. The number of amides is 2. The summed E-state index contributed by atoms with van der Waals surface area (Å²) < 4.78 is 17.5. The Bertz CT molecular complexity index is 1250. The van der Waals surface area contributed by atoms with Crippen molar-refractivity contribution in [2.24, 2.45) is 11.8 Å². The highest BCUT2D eigenvalue weighted by atomic mass is 16.6. The SMILES string of the molecule is C=C1CCC2(O)C(=[NH+]C)[C@@H]3Cc4ccc(OC(=O)N(C)CCNC(=O)OC(C)(C)C)c5c4C2(C3)C1O5.CC1CC1. The number of carbonyl (C=O) groups is 2. The average molecular weight is 555 g/mol. The van der Waals surface area contributed by atoms with Crippen LogP contribution in [0.1, 0.15) is 70.9 Å². The highest BCUT2D eigenvalue weighted by Crippen LogP contribution is 2.67. The van der Waals surface area contributed by atoms with Crippen molar-refractivity contribution in [1.29, 1.82) is 0 Å². The number of ether oxygens (including phenoxy) is 3. The van der Waals surface area contributed by atoms with E-state index in [0.29, 0.717) is 24.3 Å². The van der Waals surface area contributed by atoms with Crippen LogP contribution in [0.4, 0.5) is 9.59 Å². The number of carbonyl (C=O) groups excluding carboxylic acids is 2. The second kappa shape index (κ2) is 10.1. The van der Waals surface area contributed by atoms with E-state index in [1.54, 1.807) is 33.9 Å². The summed E-state index contributed by atoms with van der Waals surface area (Å²) in [4.78, 5) is 29.5. The van der Waals surface area contributed by atoms with Crippen molar-refractivity contribution < 1.29 is 33.9 Å². The van der Waals surface area contributed by atoms with Gasteiger partial charge in [-0.1, -0.05) is 32.4 Å². The molecule has 0 radical (unpaired) electrons. The van der Waals surface area contributed by atoms with Crippen LogP contribution in [0.25, 0.3) is 0 Å². The van der Waals surface area contributed by atoms with Crippen LogP contribution < -0.4 is 19.8 Å². The van der Waals surface area contributed by atoms with E-state index in [2.05, 4.69) is 23.8 Å². The smallest absolute Gasteiger partial charge is 0.415 e. The van der Waals surface area contributed by atoms with Crippen molar-refractivity contribution in [2.75, 3.05) is 27.2 Å². The van der Waals surface area contributed by atoms with Crippen molar-refractivity contribution in [3.8, 4) is 11.5 Å². The number of likely N-dealkylation sites (N-methyl/N-ethyl adjacent to an activating group) is 1. The van der Waals surface area contributed by atoms with Gasteiger partial charge in [0.05, 0.1) is 5.41 Å². The van der Waals surface area contributed by atoms with Crippen LogP contribution in [0.2, 0.25) is 0 Å². The molecule has 0 saturated heterocycles. The molecule has 9 nitrogen and oxygen atoms in total. The molecule has 1 aliphatic heterocycles. The molecule has 4 atom stereocenters. The monoisotopic (exact) mass is 554 g/mol. The van der Waals surface area contributed by atoms with Crippen molar-refractivity contribution >= 4 is 17.9 Å². The van der Waals surface area contributed by atoms with Crippen LogP contribution in [0.5, 0.6) is 11.5 Å². The Balaban J connectivity index is 0.000000741. The standard InChI is InChI=1S/C27H35N3O6.C4H8/c1-15-9-10-27(33)21(28-5)17-13-16-7-8-18(20-19(16)26(27,14-17)22(15)35-20)34-24(32)30(6)12-11-29-23(31)36-25(2,3)4;1-4-2-3-4/h7-8,17,22,33H,1,9-14H2,2-6H3,(H,29,31);4H,2-3H2,1H3/p+1/t17-,22?,26?,27?;/m1./s1. The molecular weight excluding hydrogens is 510 g/mol. The number of hydrogen-bond donors (Lipinski definition) is 3. The highest BCUT2D eigenvalue weighted by Gasteiger charge is 2.76. The first-order chi connectivity index (χ1) is 18.8. The molecule has 9 heteroatoms. The maximum absolute atomic E-state index is 12.9. The third kappa shape index (κ3) is 4.76. The van der Waals surface area contributed by atoms with Gasteiger partial charge in [0.15, 0.2) is 22.8 Å². The quantitative estimate of drug-likeness (QED) is 0.494. The number of alkyl carbamates (subject to hydrolysis) is 1. The summed E-state index contributed by atoms with van der Waals surface area (Å²) in [6.45, 7) is 12.4. The minimum atomic E-state index is -1.04. The van der Waals surface area contributed by atoms with E-state index in [9.17, 15) is 14.7 Å². The zero-order chi connectivity index (χ0) is 29.0. The molecule has 1 aromatic carbocycles. The largest absolute Gasteiger partial charge is 0.481 e. The number of fused-ring (bicyclic) bond motifs is 1. The molecule has 218 valence electrons. The maximum atomic E-state index is 12.9. The predicted octanol–water partition coefficient (Wildman–Crippen LogP) is 2.87. The molecule has 1 spiro atoms. The normalized spacial score (nSPS) is 30.1. The predicted molar refractivity (Wildman–Crippen MR) is 151 cm³/mol. The highest BCUT2D eigenvalue weighted by molar-refractivity contribution is 5.97. The third-order valence-electron chi connectivity index (χ3n) is 8.90. The summed E-state index contributed by atoms with van der Waals surface area (Å²) in [5.41, 5.74) is 1.75. The van der Waals surface area contributed by atoms with Gasteiger partial charge in [-0.05, 0) is 69.6 Å². The number of rotatable bonds is 4. The number of aliphatic hydroxyl groups is 1. The summed E-state index contributed by atoms with van der Waals surface area (Å²) in [6.07, 6.45) is 4.34. The summed E-state index contributed by atoms with van der Waals surface area (Å²) in [5.74, 6) is 2.16. The zero-order valence-corrected chi connectivity index (χ0v) is 24.7. The number of nitrogens with zero attached hydrogens (tertiary/aromatic N) is 1. The van der Waals surface area contributed by atoms with Gasteiger partial charge in [-0.15, -0.1) is 0 Å². The van der Waals surface area contributed by atoms with Crippen molar-refractivity contribution in [3.63, 3.8) is 0 Å². The lowest BCUT2D eigenvalue weighted by atomic mass is 9.57. The van der Waals surface area contributed by atoms with E-state index in [4.69, 9.17) is 14.2 Å². The summed E-state index contributed by atoms with van der Waals surface area (Å²) in [5, 5.41) is 14.7. The third-order valence-corrected chi connectivity index (χ3v) is 8.90. The molecule has 3 fully saturated rings.